The van der Waals surface area contributed by atoms with Crippen molar-refractivity contribution in [2.75, 3.05) is 4.72 Å². The van der Waals surface area contributed by atoms with E-state index in [-0.39, 0.29) is 16.1 Å². The summed E-state index contributed by atoms with van der Waals surface area (Å²) in [5.41, 5.74) is 0.522. The van der Waals surface area contributed by atoms with Crippen LogP contribution in [0.1, 0.15) is 10.4 Å². The van der Waals surface area contributed by atoms with Crippen molar-refractivity contribution in [1.29, 1.82) is 0 Å². The molecule has 0 radical (unpaired) electrons. The maximum Gasteiger partial charge on any atom is 0.396 e. The van der Waals surface area contributed by atoms with Gasteiger partial charge in [-0.15, -0.1) is 0 Å². The summed E-state index contributed by atoms with van der Waals surface area (Å²) in [4.78, 5) is 21.3. The fraction of sp³-hybridized carbons (Fsp3) is 0. The summed E-state index contributed by atoms with van der Waals surface area (Å²) in [7, 11) is -3.89. The lowest BCUT2D eigenvalue weighted by molar-refractivity contribution is -0.255. The minimum Gasteiger partial charge on any atom is -0.545 e. The topological polar surface area (TPSA) is 117 Å². The molecule has 0 saturated carbocycles. The number of carbonyl (C=O) groups is 1. The molecule has 0 bridgehead atoms. The molecule has 1 heterocycles. The Kier molecular flexibility index (Phi) is 3.66. The van der Waals surface area contributed by atoms with E-state index in [1.54, 1.807) is 0 Å². The van der Waals surface area contributed by atoms with Gasteiger partial charge in [-0.25, -0.2) is 13.2 Å². The summed E-state index contributed by atoms with van der Waals surface area (Å²) < 4.78 is 32.3. The van der Waals surface area contributed by atoms with Crippen molar-refractivity contribution in [3.63, 3.8) is 0 Å². The second-order valence-electron chi connectivity index (χ2n) is 4.53. The molecular formula is C14H8NO6S2-. The Morgan fingerprint density at radius 2 is 1.83 bits per heavy atom. The van der Waals surface area contributed by atoms with Crippen molar-refractivity contribution in [2.24, 2.45) is 0 Å². The molecule has 0 aliphatic heterocycles. The molecule has 3 rings (SSSR count). The van der Waals surface area contributed by atoms with Gasteiger partial charge in [0.2, 0.25) is 0 Å². The first-order valence-corrected chi connectivity index (χ1v) is 8.53. The molecule has 0 saturated heterocycles. The summed E-state index contributed by atoms with van der Waals surface area (Å²) in [5.74, 6) is -1.39. The number of anilines is 1. The highest BCUT2D eigenvalue weighted by molar-refractivity contribution is 7.92. The van der Waals surface area contributed by atoms with Crippen LogP contribution in [0.4, 0.5) is 5.69 Å². The molecule has 0 spiro atoms. The molecule has 0 fully saturated rings. The summed E-state index contributed by atoms with van der Waals surface area (Å²) in [6.45, 7) is 0. The third-order valence-electron chi connectivity index (χ3n) is 2.98. The zero-order valence-electron chi connectivity index (χ0n) is 11.3. The molecule has 0 atom stereocenters. The van der Waals surface area contributed by atoms with Gasteiger partial charge in [-0.05, 0) is 35.9 Å². The number of rotatable bonds is 4. The monoisotopic (exact) mass is 350 g/mol. The summed E-state index contributed by atoms with van der Waals surface area (Å²) in [6.07, 6.45) is 0. The van der Waals surface area contributed by atoms with Gasteiger partial charge in [-0.1, -0.05) is 23.5 Å². The van der Waals surface area contributed by atoms with E-state index < -0.39 is 20.9 Å². The Labute approximate surface area is 133 Å². The number of aromatic carboxylic acids is 1. The van der Waals surface area contributed by atoms with E-state index in [0.29, 0.717) is 10.3 Å². The number of benzene rings is 2. The molecule has 7 nitrogen and oxygen atoms in total. The van der Waals surface area contributed by atoms with Crippen LogP contribution in [0.2, 0.25) is 0 Å². The first-order valence-electron chi connectivity index (χ1n) is 6.23. The van der Waals surface area contributed by atoms with Gasteiger partial charge in [-0.2, -0.15) is 0 Å². The van der Waals surface area contributed by atoms with Gasteiger partial charge >= 0.3 is 4.94 Å². The second-order valence-corrected chi connectivity index (χ2v) is 7.19. The highest BCUT2D eigenvalue weighted by atomic mass is 32.2. The molecule has 1 aromatic heterocycles. The van der Waals surface area contributed by atoms with E-state index >= 15 is 0 Å². The fourth-order valence-electron chi connectivity index (χ4n) is 1.92. The van der Waals surface area contributed by atoms with Gasteiger partial charge < -0.3 is 14.3 Å². The average Bonchev–Trinajstić information content (AvgIpc) is 2.86. The normalized spacial score (nSPS) is 11.5. The minimum absolute atomic E-state index is 0.0945. The summed E-state index contributed by atoms with van der Waals surface area (Å²) in [5, 5.41) is 10.7. The number of carbonyl (C=O) groups excluding carboxylic acids is 1. The van der Waals surface area contributed by atoms with Gasteiger partial charge in [-0.3, -0.25) is 4.72 Å². The van der Waals surface area contributed by atoms with Crippen LogP contribution in [-0.4, -0.2) is 14.4 Å². The number of nitrogens with one attached hydrogen (secondary N) is 1. The van der Waals surface area contributed by atoms with Crippen LogP contribution < -0.4 is 14.8 Å². The van der Waals surface area contributed by atoms with Crippen molar-refractivity contribution in [2.45, 2.75) is 4.90 Å². The Hall–Kier alpha value is -2.65. The van der Waals surface area contributed by atoms with Crippen LogP contribution in [-0.2, 0) is 10.0 Å². The smallest absolute Gasteiger partial charge is 0.396 e. The van der Waals surface area contributed by atoms with E-state index in [4.69, 9.17) is 4.42 Å². The van der Waals surface area contributed by atoms with Gasteiger partial charge in [0.05, 0.1) is 21.3 Å². The number of carboxylic acids is 1. The summed E-state index contributed by atoms with van der Waals surface area (Å²) in [6, 6.07) is 9.07. The van der Waals surface area contributed by atoms with Gasteiger partial charge in [0, 0.05) is 0 Å². The molecule has 0 unspecified atom stereocenters. The van der Waals surface area contributed by atoms with Crippen LogP contribution in [0.5, 0.6) is 0 Å². The van der Waals surface area contributed by atoms with Crippen molar-refractivity contribution in [3.05, 3.63) is 57.8 Å². The lowest BCUT2D eigenvalue weighted by Gasteiger charge is -2.09. The maximum atomic E-state index is 12.3. The Balaban J connectivity index is 1.92. The zero-order valence-corrected chi connectivity index (χ0v) is 12.9. The number of carboxylic acid groups (broad SMARTS) is 1. The molecule has 3 aromatic rings. The van der Waals surface area contributed by atoms with E-state index in [1.807, 2.05) is 0 Å². The molecule has 23 heavy (non-hydrogen) atoms. The van der Waals surface area contributed by atoms with Crippen LogP contribution in [0.15, 0.2) is 56.6 Å². The van der Waals surface area contributed by atoms with Gasteiger partial charge in [0.15, 0.2) is 0 Å². The van der Waals surface area contributed by atoms with E-state index in [9.17, 15) is 23.1 Å². The van der Waals surface area contributed by atoms with Crippen molar-refractivity contribution in [1.82, 2.24) is 0 Å². The standard InChI is InChI=1S/C14H9NO6S2/c16-13(17)8-1-4-10(5-2-8)23(19,20)15-9-3-6-11-12(7-9)22-14(18)21-11/h1-7,15H,(H,16,17)/p-1. The molecular weight excluding hydrogens is 342 g/mol. The predicted octanol–water partition coefficient (Wildman–Crippen LogP) is 1.02. The van der Waals surface area contributed by atoms with Crippen LogP contribution in [0.3, 0.4) is 0 Å². The molecule has 1 N–H and O–H groups in total. The van der Waals surface area contributed by atoms with E-state index in [1.165, 1.54) is 30.3 Å². The number of fused-ring (bicyclic) bond motifs is 1. The summed E-state index contributed by atoms with van der Waals surface area (Å²) >= 11 is 0.864. The number of hydrogen-bond donors (Lipinski definition) is 1. The molecule has 0 aliphatic rings. The number of sulfonamides is 1. The highest BCUT2D eigenvalue weighted by Crippen LogP contribution is 2.23. The maximum absolute atomic E-state index is 12.3. The average molecular weight is 350 g/mol. The molecule has 0 aliphatic carbocycles. The number of hydrogen-bond acceptors (Lipinski definition) is 7. The SMILES string of the molecule is O=C([O-])c1ccc(S(=O)(=O)Nc2ccc3oc(=O)sc3c2)cc1. The fourth-order valence-corrected chi connectivity index (χ4v) is 3.68. The molecule has 118 valence electrons. The first-order chi connectivity index (χ1) is 10.8. The van der Waals surface area contributed by atoms with E-state index in [2.05, 4.69) is 4.72 Å². The molecule has 9 heteroatoms. The van der Waals surface area contributed by atoms with Crippen molar-refractivity contribution < 1.29 is 22.7 Å². The van der Waals surface area contributed by atoms with Crippen LogP contribution in [0, 0.1) is 0 Å². The van der Waals surface area contributed by atoms with Crippen LogP contribution >= 0.6 is 11.3 Å². The van der Waals surface area contributed by atoms with Gasteiger partial charge in [0.25, 0.3) is 10.0 Å². The van der Waals surface area contributed by atoms with Gasteiger partial charge in [0.1, 0.15) is 5.58 Å². The lowest BCUT2D eigenvalue weighted by atomic mass is 10.2. The van der Waals surface area contributed by atoms with E-state index in [0.717, 1.165) is 23.5 Å². The minimum atomic E-state index is -3.89. The van der Waals surface area contributed by atoms with Crippen molar-refractivity contribution >= 4 is 43.3 Å². The second kappa shape index (κ2) is 5.52. The first kappa shape index (κ1) is 15.3. The highest BCUT2D eigenvalue weighted by Gasteiger charge is 2.15. The molecule has 2 aromatic carbocycles. The third-order valence-corrected chi connectivity index (χ3v) is 5.17. The van der Waals surface area contributed by atoms with Crippen LogP contribution in [0.25, 0.3) is 10.3 Å². The zero-order chi connectivity index (χ0) is 16.6. The Bertz CT molecular complexity index is 1050. The Morgan fingerprint density at radius 1 is 1.13 bits per heavy atom. The largest absolute Gasteiger partial charge is 0.545 e. The Morgan fingerprint density at radius 3 is 2.48 bits per heavy atom. The van der Waals surface area contributed by atoms with Crippen molar-refractivity contribution in [3.8, 4) is 0 Å². The lowest BCUT2D eigenvalue weighted by Crippen LogP contribution is -2.22. The third kappa shape index (κ3) is 3.10. The molecule has 0 amide bonds. The predicted molar refractivity (Wildman–Crippen MR) is 81.9 cm³/mol. The quantitative estimate of drug-likeness (QED) is 0.751.